The first-order valence-electron chi connectivity index (χ1n) is 7.67. The molecule has 24 heavy (non-hydrogen) atoms. The smallest absolute Gasteiger partial charge is 0.331 e. The summed E-state index contributed by atoms with van der Waals surface area (Å²) >= 11 is 0. The van der Waals surface area contributed by atoms with Gasteiger partial charge in [-0.15, -0.1) is 0 Å². The molecule has 0 spiro atoms. The molecule has 2 amide bonds. The molecule has 0 aliphatic carbocycles. The molecule has 9 nitrogen and oxygen atoms in total. The molecule has 1 aromatic rings. The molecule has 128 valence electrons. The van der Waals surface area contributed by atoms with Gasteiger partial charge in [-0.1, -0.05) is 0 Å². The molecule has 0 saturated heterocycles. The van der Waals surface area contributed by atoms with E-state index in [2.05, 4.69) is 10.6 Å². The average molecular weight is 333 g/mol. The molecule has 2 rings (SSSR count). The summed E-state index contributed by atoms with van der Waals surface area (Å²) in [6.07, 6.45) is 1.17. The number of carbonyl (C=O) groups is 2. The zero-order chi connectivity index (χ0) is 17.9. The van der Waals surface area contributed by atoms with Gasteiger partial charge in [-0.3, -0.25) is 19.0 Å². The first kappa shape index (κ1) is 17.5. The van der Waals surface area contributed by atoms with Crippen molar-refractivity contribution in [3.05, 3.63) is 32.1 Å². The summed E-state index contributed by atoms with van der Waals surface area (Å²) < 4.78 is 2.10. The molecule has 9 heteroatoms. The van der Waals surface area contributed by atoms with E-state index in [1.807, 2.05) is 6.07 Å². The number of nitrogens with one attached hydrogen (secondary N) is 2. The monoisotopic (exact) mass is 333 g/mol. The molecule has 0 saturated carbocycles. The molecule has 0 atom stereocenters. The maximum atomic E-state index is 12.3. The predicted molar refractivity (Wildman–Crippen MR) is 84.3 cm³/mol. The zero-order valence-electron chi connectivity index (χ0n) is 13.6. The number of amides is 2. The zero-order valence-corrected chi connectivity index (χ0v) is 13.6. The van der Waals surface area contributed by atoms with Crippen LogP contribution < -0.4 is 21.9 Å². The fourth-order valence-corrected chi connectivity index (χ4v) is 2.64. The highest BCUT2D eigenvalue weighted by Gasteiger charge is 2.23. The normalized spacial score (nSPS) is 12.6. The van der Waals surface area contributed by atoms with Gasteiger partial charge >= 0.3 is 5.69 Å². The Bertz CT molecular complexity index is 828. The van der Waals surface area contributed by atoms with Crippen molar-refractivity contribution in [2.75, 3.05) is 6.54 Å². The Balaban J connectivity index is 2.18. The minimum absolute atomic E-state index is 0.0587. The van der Waals surface area contributed by atoms with Crippen LogP contribution >= 0.6 is 0 Å². The van der Waals surface area contributed by atoms with Crippen LogP contribution in [0.5, 0.6) is 0 Å². The van der Waals surface area contributed by atoms with Crippen molar-refractivity contribution in [2.24, 2.45) is 0 Å². The molecule has 0 radical (unpaired) electrons. The van der Waals surface area contributed by atoms with E-state index in [0.717, 1.165) is 4.57 Å². The van der Waals surface area contributed by atoms with Gasteiger partial charge in [-0.25, -0.2) is 9.36 Å². The fourth-order valence-electron chi connectivity index (χ4n) is 2.64. The Labute approximate surface area is 137 Å². The van der Waals surface area contributed by atoms with Gasteiger partial charge in [-0.2, -0.15) is 5.26 Å². The summed E-state index contributed by atoms with van der Waals surface area (Å²) in [5, 5.41) is 14.1. The fraction of sp³-hybridized carbons (Fsp3) is 0.533. The van der Waals surface area contributed by atoms with Crippen LogP contribution in [0.3, 0.4) is 0 Å². The van der Waals surface area contributed by atoms with E-state index in [1.54, 1.807) is 13.8 Å². The predicted octanol–water partition coefficient (Wildman–Crippen LogP) is -1.53. The van der Waals surface area contributed by atoms with Gasteiger partial charge in [0.05, 0.1) is 6.54 Å². The van der Waals surface area contributed by atoms with Crippen LogP contribution in [0.2, 0.25) is 0 Å². The molecule has 0 unspecified atom stereocenters. The quantitative estimate of drug-likeness (QED) is 0.676. The summed E-state index contributed by atoms with van der Waals surface area (Å²) in [5.41, 5.74) is -1.04. The average Bonchev–Trinajstić information content (AvgIpc) is 2.99. The highest BCUT2D eigenvalue weighted by Crippen LogP contribution is 2.12. The van der Waals surface area contributed by atoms with E-state index in [0.29, 0.717) is 25.1 Å². The lowest BCUT2D eigenvalue weighted by Gasteiger charge is -2.12. The second-order valence-corrected chi connectivity index (χ2v) is 5.86. The van der Waals surface area contributed by atoms with Crippen LogP contribution in [0.4, 0.5) is 0 Å². The molecule has 0 bridgehead atoms. The highest BCUT2D eigenvalue weighted by atomic mass is 16.2. The van der Waals surface area contributed by atoms with E-state index >= 15 is 0 Å². The Morgan fingerprint density at radius 1 is 1.29 bits per heavy atom. The van der Waals surface area contributed by atoms with Crippen molar-refractivity contribution in [2.45, 2.75) is 45.8 Å². The SMILES string of the molecule is CC(C)NC(=O)CNC(=O)Cn1c(=O)c(C#N)c2n(c1=O)CCC2. The first-order valence-corrected chi connectivity index (χ1v) is 7.67. The van der Waals surface area contributed by atoms with Crippen LogP contribution in [0, 0.1) is 11.3 Å². The van der Waals surface area contributed by atoms with E-state index < -0.39 is 23.7 Å². The number of fused-ring (bicyclic) bond motifs is 1. The molecule has 0 aromatic carbocycles. The summed E-state index contributed by atoms with van der Waals surface area (Å²) in [5.74, 6) is -1.01. The number of aromatic nitrogens is 2. The van der Waals surface area contributed by atoms with E-state index in [-0.39, 0.29) is 24.1 Å². The number of hydrogen-bond donors (Lipinski definition) is 2. The highest BCUT2D eigenvalue weighted by molar-refractivity contribution is 5.84. The lowest BCUT2D eigenvalue weighted by Crippen LogP contribution is -2.46. The van der Waals surface area contributed by atoms with Crippen LogP contribution in [0.15, 0.2) is 9.59 Å². The largest absolute Gasteiger partial charge is 0.352 e. The van der Waals surface area contributed by atoms with E-state index in [9.17, 15) is 19.2 Å². The summed E-state index contributed by atoms with van der Waals surface area (Å²) in [7, 11) is 0. The maximum Gasteiger partial charge on any atom is 0.331 e. The maximum absolute atomic E-state index is 12.3. The number of nitrogens with zero attached hydrogens (tertiary/aromatic N) is 3. The van der Waals surface area contributed by atoms with E-state index in [1.165, 1.54) is 4.57 Å². The van der Waals surface area contributed by atoms with Gasteiger partial charge in [0, 0.05) is 18.3 Å². The van der Waals surface area contributed by atoms with Crippen molar-refractivity contribution in [1.29, 1.82) is 5.26 Å². The lowest BCUT2D eigenvalue weighted by atomic mass is 10.2. The third kappa shape index (κ3) is 3.53. The summed E-state index contributed by atoms with van der Waals surface area (Å²) in [6, 6.07) is 1.76. The number of rotatable bonds is 5. The van der Waals surface area contributed by atoms with Crippen LogP contribution in [-0.4, -0.2) is 33.5 Å². The van der Waals surface area contributed by atoms with Gasteiger partial charge in [0.2, 0.25) is 11.8 Å². The van der Waals surface area contributed by atoms with Gasteiger partial charge in [0.1, 0.15) is 18.2 Å². The molecular weight excluding hydrogens is 314 g/mol. The van der Waals surface area contributed by atoms with Gasteiger partial charge in [-0.05, 0) is 26.7 Å². The lowest BCUT2D eigenvalue weighted by molar-refractivity contribution is -0.126. The molecule has 2 heterocycles. The van der Waals surface area contributed by atoms with Crippen LogP contribution in [0.1, 0.15) is 31.5 Å². The number of carbonyl (C=O) groups excluding carboxylic acids is 2. The van der Waals surface area contributed by atoms with Crippen molar-refractivity contribution in [3.63, 3.8) is 0 Å². The molecule has 1 aliphatic heterocycles. The first-order chi connectivity index (χ1) is 11.3. The Kier molecular flexibility index (Phi) is 5.18. The molecule has 1 aliphatic rings. The van der Waals surface area contributed by atoms with Gasteiger partial charge in [0.25, 0.3) is 5.56 Å². The Morgan fingerprint density at radius 2 is 2.00 bits per heavy atom. The third-order valence-electron chi connectivity index (χ3n) is 3.64. The minimum atomic E-state index is -0.766. The molecule has 2 N–H and O–H groups in total. The van der Waals surface area contributed by atoms with Gasteiger partial charge in [0.15, 0.2) is 0 Å². The molecule has 0 fully saturated rings. The Hall–Kier alpha value is -2.89. The summed E-state index contributed by atoms with van der Waals surface area (Å²) in [6.45, 7) is 3.22. The van der Waals surface area contributed by atoms with Crippen molar-refractivity contribution in [1.82, 2.24) is 19.8 Å². The second kappa shape index (κ2) is 7.12. The van der Waals surface area contributed by atoms with Crippen LogP contribution in [-0.2, 0) is 29.1 Å². The van der Waals surface area contributed by atoms with Gasteiger partial charge < -0.3 is 10.6 Å². The van der Waals surface area contributed by atoms with Crippen LogP contribution in [0.25, 0.3) is 0 Å². The van der Waals surface area contributed by atoms with Crippen molar-refractivity contribution >= 4 is 11.8 Å². The molecular formula is C15H19N5O4. The summed E-state index contributed by atoms with van der Waals surface area (Å²) in [4.78, 5) is 48.0. The van der Waals surface area contributed by atoms with Crippen molar-refractivity contribution in [3.8, 4) is 6.07 Å². The Morgan fingerprint density at radius 3 is 2.62 bits per heavy atom. The molecule has 1 aromatic heterocycles. The second-order valence-electron chi connectivity index (χ2n) is 5.86. The topological polar surface area (TPSA) is 126 Å². The van der Waals surface area contributed by atoms with E-state index in [4.69, 9.17) is 5.26 Å². The standard InChI is InChI=1S/C15H19N5O4/c1-9(2)18-12(21)7-17-13(22)8-20-14(23)10(6-16)11-4-3-5-19(11)15(20)24/h9H,3-5,7-8H2,1-2H3,(H,17,22)(H,18,21). The third-order valence-corrected chi connectivity index (χ3v) is 3.64. The minimum Gasteiger partial charge on any atom is -0.352 e. The number of hydrogen-bond acceptors (Lipinski definition) is 5. The number of nitriles is 1. The van der Waals surface area contributed by atoms with Crippen molar-refractivity contribution < 1.29 is 9.59 Å².